The van der Waals surface area contributed by atoms with E-state index in [1.54, 1.807) is 26.0 Å². The fourth-order valence-electron chi connectivity index (χ4n) is 1.97. The third kappa shape index (κ3) is 3.33. The molecule has 116 valence electrons. The maximum absolute atomic E-state index is 11.8. The molecule has 1 aromatic heterocycles. The number of rotatable bonds is 6. The summed E-state index contributed by atoms with van der Waals surface area (Å²) >= 11 is 1.26. The van der Waals surface area contributed by atoms with E-state index in [1.807, 2.05) is 13.0 Å². The quantitative estimate of drug-likeness (QED) is 0.602. The molecule has 2 aromatic rings. The molecule has 0 saturated heterocycles. The largest absolute Gasteiger partial charge is 0.493 e. The van der Waals surface area contributed by atoms with Gasteiger partial charge in [0.15, 0.2) is 6.29 Å². The average molecular weight is 319 g/mol. The van der Waals surface area contributed by atoms with Crippen LogP contribution in [-0.2, 0) is 4.74 Å². The maximum Gasteiger partial charge on any atom is 0.350 e. The van der Waals surface area contributed by atoms with E-state index >= 15 is 0 Å². The van der Waals surface area contributed by atoms with Crippen molar-refractivity contribution >= 4 is 23.6 Å². The molecule has 0 radical (unpaired) electrons. The second kappa shape index (κ2) is 7.17. The van der Waals surface area contributed by atoms with Gasteiger partial charge >= 0.3 is 5.97 Å². The van der Waals surface area contributed by atoms with Gasteiger partial charge in [0.1, 0.15) is 15.6 Å². The molecule has 0 saturated carbocycles. The molecule has 22 heavy (non-hydrogen) atoms. The monoisotopic (exact) mass is 319 g/mol. The summed E-state index contributed by atoms with van der Waals surface area (Å²) in [4.78, 5) is 27.9. The molecule has 5 nitrogen and oxygen atoms in total. The smallest absolute Gasteiger partial charge is 0.350 e. The summed E-state index contributed by atoms with van der Waals surface area (Å²) < 4.78 is 10.4. The molecule has 0 atom stereocenters. The Morgan fingerprint density at radius 2 is 2.09 bits per heavy atom. The average Bonchev–Trinajstić information content (AvgIpc) is 2.90. The van der Waals surface area contributed by atoms with Crippen molar-refractivity contribution in [3.63, 3.8) is 0 Å². The molecule has 0 unspecified atom stereocenters. The molecule has 0 fully saturated rings. The first-order chi connectivity index (χ1) is 10.6. The van der Waals surface area contributed by atoms with Crippen molar-refractivity contribution in [2.45, 2.75) is 20.8 Å². The Balaban J connectivity index is 2.38. The lowest BCUT2D eigenvalue weighted by molar-refractivity contribution is 0.0531. The summed E-state index contributed by atoms with van der Waals surface area (Å²) in [6.07, 6.45) is 0.751. The molecular weight excluding hydrogens is 302 g/mol. The number of ether oxygens (including phenoxy) is 2. The number of hydrogen-bond acceptors (Lipinski definition) is 6. The molecule has 0 N–H and O–H groups in total. The summed E-state index contributed by atoms with van der Waals surface area (Å²) in [5.74, 6) is 0.172. The third-order valence-electron chi connectivity index (χ3n) is 2.94. The Labute approximate surface area is 132 Å². The minimum atomic E-state index is -0.370. The number of benzene rings is 1. The van der Waals surface area contributed by atoms with Crippen molar-refractivity contribution in [1.29, 1.82) is 0 Å². The number of aryl methyl sites for hydroxylation is 1. The van der Waals surface area contributed by atoms with Gasteiger partial charge in [0.2, 0.25) is 0 Å². The Morgan fingerprint density at radius 1 is 1.32 bits per heavy atom. The van der Waals surface area contributed by atoms with Crippen LogP contribution in [0.4, 0.5) is 0 Å². The van der Waals surface area contributed by atoms with Crippen molar-refractivity contribution in [2.75, 3.05) is 13.2 Å². The molecule has 0 spiro atoms. The fourth-order valence-corrected chi connectivity index (χ4v) is 2.92. The zero-order chi connectivity index (χ0) is 16.1. The van der Waals surface area contributed by atoms with Gasteiger partial charge in [0.05, 0.1) is 24.5 Å². The van der Waals surface area contributed by atoms with Crippen LogP contribution in [0.15, 0.2) is 18.2 Å². The van der Waals surface area contributed by atoms with E-state index in [0.29, 0.717) is 40.1 Å². The van der Waals surface area contributed by atoms with Gasteiger partial charge < -0.3 is 9.47 Å². The minimum absolute atomic E-state index is 0.323. The van der Waals surface area contributed by atoms with Crippen LogP contribution in [0.2, 0.25) is 0 Å². The van der Waals surface area contributed by atoms with E-state index in [1.165, 1.54) is 11.3 Å². The van der Waals surface area contributed by atoms with Gasteiger partial charge in [0, 0.05) is 5.56 Å². The number of nitrogens with zero attached hydrogens (tertiary/aromatic N) is 1. The number of hydrogen-bond donors (Lipinski definition) is 0. The molecule has 0 aliphatic rings. The van der Waals surface area contributed by atoms with E-state index < -0.39 is 0 Å². The summed E-state index contributed by atoms with van der Waals surface area (Å²) in [6.45, 7) is 6.20. The van der Waals surface area contributed by atoms with Gasteiger partial charge in [-0.15, -0.1) is 11.3 Å². The van der Waals surface area contributed by atoms with E-state index in [-0.39, 0.29) is 5.97 Å². The first-order valence-electron chi connectivity index (χ1n) is 6.97. The van der Waals surface area contributed by atoms with Crippen LogP contribution in [0.5, 0.6) is 5.75 Å². The van der Waals surface area contributed by atoms with Crippen LogP contribution in [-0.4, -0.2) is 30.5 Å². The van der Waals surface area contributed by atoms with Crippen molar-refractivity contribution in [3.8, 4) is 16.3 Å². The highest BCUT2D eigenvalue weighted by Gasteiger charge is 2.17. The van der Waals surface area contributed by atoms with Crippen LogP contribution in [0.1, 0.15) is 39.6 Å². The Bertz CT molecular complexity index is 693. The highest BCUT2D eigenvalue weighted by Crippen LogP contribution is 2.31. The number of thiazole rings is 1. The second-order valence-corrected chi connectivity index (χ2v) is 5.46. The van der Waals surface area contributed by atoms with Crippen molar-refractivity contribution in [1.82, 2.24) is 4.98 Å². The highest BCUT2D eigenvalue weighted by molar-refractivity contribution is 7.17. The van der Waals surface area contributed by atoms with Crippen molar-refractivity contribution < 1.29 is 19.1 Å². The molecular formula is C16H17NO4S. The van der Waals surface area contributed by atoms with Gasteiger partial charge in [-0.25, -0.2) is 9.78 Å². The molecule has 1 heterocycles. The number of aldehydes is 1. The molecule has 1 aromatic carbocycles. The van der Waals surface area contributed by atoms with Gasteiger partial charge in [-0.1, -0.05) is 0 Å². The Kier molecular flexibility index (Phi) is 5.27. The number of aromatic nitrogens is 1. The molecule has 0 aliphatic carbocycles. The standard InChI is InChI=1S/C16H17NO4S/c1-4-20-13-7-6-11(8-12(13)9-18)15-17-10(3)14(22-15)16(19)21-5-2/h6-9H,4-5H2,1-3H3. The zero-order valence-electron chi connectivity index (χ0n) is 12.7. The predicted octanol–water partition coefficient (Wildman–Crippen LogP) is 3.51. The van der Waals surface area contributed by atoms with E-state index in [2.05, 4.69) is 4.98 Å². The molecule has 0 bridgehead atoms. The molecule has 0 aliphatic heterocycles. The second-order valence-electron chi connectivity index (χ2n) is 4.46. The highest BCUT2D eigenvalue weighted by atomic mass is 32.1. The third-order valence-corrected chi connectivity index (χ3v) is 4.13. The van der Waals surface area contributed by atoms with Gasteiger partial charge in [-0.05, 0) is 39.0 Å². The van der Waals surface area contributed by atoms with Gasteiger partial charge in [0.25, 0.3) is 0 Å². The predicted molar refractivity (Wildman–Crippen MR) is 84.8 cm³/mol. The maximum atomic E-state index is 11.8. The summed E-state index contributed by atoms with van der Waals surface area (Å²) in [5.41, 5.74) is 1.86. The lowest BCUT2D eigenvalue weighted by atomic mass is 10.1. The fraction of sp³-hybridized carbons (Fsp3) is 0.312. The van der Waals surface area contributed by atoms with Crippen molar-refractivity contribution in [3.05, 3.63) is 34.3 Å². The van der Waals surface area contributed by atoms with Gasteiger partial charge in [-0.3, -0.25) is 4.79 Å². The summed E-state index contributed by atoms with van der Waals surface area (Å²) in [5, 5.41) is 0.673. The Hall–Kier alpha value is -2.21. The van der Waals surface area contributed by atoms with Crippen LogP contribution in [0.25, 0.3) is 10.6 Å². The lowest BCUT2D eigenvalue weighted by Crippen LogP contribution is -2.03. The first kappa shape index (κ1) is 16.2. The van der Waals surface area contributed by atoms with E-state index in [4.69, 9.17) is 9.47 Å². The molecule has 2 rings (SSSR count). The summed E-state index contributed by atoms with van der Waals surface area (Å²) in [7, 11) is 0. The van der Waals surface area contributed by atoms with Crippen LogP contribution in [0.3, 0.4) is 0 Å². The van der Waals surface area contributed by atoms with Crippen LogP contribution < -0.4 is 4.74 Å². The zero-order valence-corrected chi connectivity index (χ0v) is 13.5. The Morgan fingerprint density at radius 3 is 2.73 bits per heavy atom. The lowest BCUT2D eigenvalue weighted by Gasteiger charge is -2.06. The normalized spacial score (nSPS) is 10.3. The van der Waals surface area contributed by atoms with Gasteiger partial charge in [-0.2, -0.15) is 0 Å². The van der Waals surface area contributed by atoms with E-state index in [9.17, 15) is 9.59 Å². The van der Waals surface area contributed by atoms with Crippen molar-refractivity contribution in [2.24, 2.45) is 0 Å². The molecule has 0 amide bonds. The number of carbonyl (C=O) groups excluding carboxylic acids is 2. The molecule has 6 heteroatoms. The SMILES string of the molecule is CCOC(=O)c1sc(-c2ccc(OCC)c(C=O)c2)nc1C. The first-order valence-corrected chi connectivity index (χ1v) is 7.79. The topological polar surface area (TPSA) is 65.5 Å². The van der Waals surface area contributed by atoms with Crippen LogP contribution >= 0.6 is 11.3 Å². The number of esters is 1. The minimum Gasteiger partial charge on any atom is -0.493 e. The number of carbonyl (C=O) groups is 2. The summed E-state index contributed by atoms with van der Waals surface area (Å²) in [6, 6.07) is 5.28. The van der Waals surface area contributed by atoms with E-state index in [0.717, 1.165) is 11.8 Å². The van der Waals surface area contributed by atoms with Crippen LogP contribution in [0, 0.1) is 6.92 Å².